The highest BCUT2D eigenvalue weighted by Gasteiger charge is 2.09. The molecule has 0 amide bonds. The molecule has 0 aliphatic rings. The van der Waals surface area contributed by atoms with Crippen LogP contribution in [0.25, 0.3) is 0 Å². The van der Waals surface area contributed by atoms with Crippen molar-refractivity contribution in [2.24, 2.45) is 22.9 Å². The standard InChI is InChI=1S/2C6H14N2O2.ClH/c2*7-4-2-1-3-5(8)6(9)10;/h2*5H,1-4,7-8H2,(H,9,10);1H/t5-;;/m0../s1. The van der Waals surface area contributed by atoms with E-state index in [-0.39, 0.29) is 12.4 Å². The Morgan fingerprint density at radius 2 is 1.05 bits per heavy atom. The molecule has 10 N–H and O–H groups in total. The zero-order valence-corrected chi connectivity index (χ0v) is 13.1. The number of halogens is 1. The van der Waals surface area contributed by atoms with Crippen molar-refractivity contribution in [2.75, 3.05) is 13.1 Å². The first-order chi connectivity index (χ1) is 9.36. The minimum absolute atomic E-state index is 0. The molecular weight excluding hydrogens is 300 g/mol. The quantitative estimate of drug-likeness (QED) is 0.290. The van der Waals surface area contributed by atoms with Crippen LogP contribution in [0.4, 0.5) is 0 Å². The maximum atomic E-state index is 10.1. The maximum absolute atomic E-state index is 10.1. The Hall–Kier alpha value is -0.930. The van der Waals surface area contributed by atoms with Crippen molar-refractivity contribution in [3.05, 3.63) is 0 Å². The summed E-state index contributed by atoms with van der Waals surface area (Å²) in [6.45, 7) is 1.21. The summed E-state index contributed by atoms with van der Waals surface area (Å²) in [5.74, 6) is -1.87. The van der Waals surface area contributed by atoms with Gasteiger partial charge in [0.2, 0.25) is 0 Å². The van der Waals surface area contributed by atoms with Crippen LogP contribution in [0.5, 0.6) is 0 Å². The Bertz CT molecular complexity index is 244. The van der Waals surface area contributed by atoms with Crippen LogP contribution in [0, 0.1) is 0 Å². The summed E-state index contributed by atoms with van der Waals surface area (Å²) < 4.78 is 0. The third kappa shape index (κ3) is 19.1. The third-order valence-electron chi connectivity index (χ3n) is 2.57. The summed E-state index contributed by atoms with van der Waals surface area (Å²) in [5.41, 5.74) is 20.8. The number of hydrogen-bond acceptors (Lipinski definition) is 6. The fraction of sp³-hybridized carbons (Fsp3) is 0.833. The molecule has 0 aromatic rings. The molecule has 0 aromatic carbocycles. The van der Waals surface area contributed by atoms with Crippen molar-refractivity contribution in [3.8, 4) is 0 Å². The molecule has 0 aromatic heterocycles. The van der Waals surface area contributed by atoms with E-state index in [9.17, 15) is 9.59 Å². The van der Waals surface area contributed by atoms with Gasteiger partial charge in [0.25, 0.3) is 0 Å². The van der Waals surface area contributed by atoms with Crippen LogP contribution in [-0.2, 0) is 9.59 Å². The van der Waals surface area contributed by atoms with Gasteiger partial charge in [-0.15, -0.1) is 12.4 Å². The Morgan fingerprint density at radius 3 is 1.24 bits per heavy atom. The van der Waals surface area contributed by atoms with Crippen LogP contribution in [0.15, 0.2) is 0 Å². The van der Waals surface area contributed by atoms with Crippen LogP contribution in [-0.4, -0.2) is 47.3 Å². The van der Waals surface area contributed by atoms with E-state index in [4.69, 9.17) is 33.1 Å². The van der Waals surface area contributed by atoms with Crippen LogP contribution >= 0.6 is 12.4 Å². The molecule has 0 radical (unpaired) electrons. The molecule has 0 bridgehead atoms. The monoisotopic (exact) mass is 328 g/mol. The number of rotatable bonds is 10. The van der Waals surface area contributed by atoms with Crippen molar-refractivity contribution in [3.63, 3.8) is 0 Å². The van der Waals surface area contributed by atoms with Gasteiger partial charge in [-0.1, -0.05) is 12.8 Å². The first-order valence-electron chi connectivity index (χ1n) is 6.73. The van der Waals surface area contributed by atoms with Gasteiger partial charge < -0.3 is 33.1 Å². The van der Waals surface area contributed by atoms with Crippen molar-refractivity contribution in [1.82, 2.24) is 0 Å². The number of carbonyl (C=O) groups is 2. The van der Waals surface area contributed by atoms with E-state index in [1.54, 1.807) is 0 Å². The Labute approximate surface area is 131 Å². The lowest BCUT2D eigenvalue weighted by Gasteiger charge is -2.03. The van der Waals surface area contributed by atoms with Gasteiger partial charge >= 0.3 is 11.9 Å². The summed E-state index contributed by atoms with van der Waals surface area (Å²) in [6.07, 6.45) is 4.33. The van der Waals surface area contributed by atoms with Gasteiger partial charge in [-0.3, -0.25) is 9.59 Å². The fourth-order valence-electron chi connectivity index (χ4n) is 1.26. The first kappa shape index (κ1) is 25.0. The van der Waals surface area contributed by atoms with Crippen molar-refractivity contribution < 1.29 is 19.8 Å². The molecule has 0 fully saturated rings. The molecule has 0 aliphatic heterocycles. The molecule has 0 aliphatic carbocycles. The number of aliphatic carboxylic acids is 2. The second-order valence-electron chi connectivity index (χ2n) is 4.46. The van der Waals surface area contributed by atoms with Crippen molar-refractivity contribution >= 4 is 24.3 Å². The number of nitrogens with two attached hydrogens (primary N) is 4. The Morgan fingerprint density at radius 1 is 0.762 bits per heavy atom. The highest BCUT2D eigenvalue weighted by atomic mass is 35.5. The number of carboxylic acid groups (broad SMARTS) is 2. The highest BCUT2D eigenvalue weighted by Crippen LogP contribution is 1.97. The molecule has 0 spiro atoms. The van der Waals surface area contributed by atoms with Gasteiger partial charge in [0, 0.05) is 0 Å². The normalized spacial score (nSPS) is 12.4. The van der Waals surface area contributed by atoms with Gasteiger partial charge in [-0.25, -0.2) is 0 Å². The molecular formula is C12H29ClN4O4. The number of unbranched alkanes of at least 4 members (excludes halogenated alkanes) is 2. The van der Waals surface area contributed by atoms with Crippen molar-refractivity contribution in [1.29, 1.82) is 0 Å². The summed E-state index contributed by atoms with van der Waals surface area (Å²) in [6, 6.07) is -1.43. The molecule has 1 unspecified atom stereocenters. The van der Waals surface area contributed by atoms with E-state index >= 15 is 0 Å². The predicted molar refractivity (Wildman–Crippen MR) is 84.3 cm³/mol. The molecule has 0 rings (SSSR count). The topological polar surface area (TPSA) is 179 Å². The maximum Gasteiger partial charge on any atom is 0.320 e. The molecule has 128 valence electrons. The van der Waals surface area contributed by atoms with E-state index in [0.29, 0.717) is 25.9 Å². The first-order valence-corrected chi connectivity index (χ1v) is 6.73. The number of hydrogen-bond donors (Lipinski definition) is 6. The van der Waals surface area contributed by atoms with Gasteiger partial charge in [0.15, 0.2) is 0 Å². The van der Waals surface area contributed by atoms with Crippen LogP contribution in [0.2, 0.25) is 0 Å². The van der Waals surface area contributed by atoms with E-state index in [1.807, 2.05) is 0 Å². The summed E-state index contributed by atoms with van der Waals surface area (Å²) in [5, 5.41) is 16.7. The molecule has 2 atom stereocenters. The minimum Gasteiger partial charge on any atom is -0.480 e. The summed E-state index contributed by atoms with van der Waals surface area (Å²) >= 11 is 0. The van der Waals surface area contributed by atoms with Gasteiger partial charge in [0.05, 0.1) is 0 Å². The van der Waals surface area contributed by atoms with Gasteiger partial charge in [-0.05, 0) is 38.8 Å². The zero-order valence-electron chi connectivity index (χ0n) is 12.2. The molecule has 0 saturated carbocycles. The summed E-state index contributed by atoms with van der Waals surface area (Å²) in [4.78, 5) is 20.3. The minimum atomic E-state index is -0.933. The number of carboxylic acids is 2. The average Bonchev–Trinajstić information content (AvgIpc) is 2.39. The van der Waals surface area contributed by atoms with E-state index < -0.39 is 24.0 Å². The summed E-state index contributed by atoms with van der Waals surface area (Å²) in [7, 11) is 0. The molecule has 21 heavy (non-hydrogen) atoms. The lowest BCUT2D eigenvalue weighted by molar-refractivity contribution is -0.139. The zero-order chi connectivity index (χ0) is 16.0. The van der Waals surface area contributed by atoms with Crippen LogP contribution < -0.4 is 22.9 Å². The van der Waals surface area contributed by atoms with Gasteiger partial charge in [-0.2, -0.15) is 0 Å². The fourth-order valence-corrected chi connectivity index (χ4v) is 1.26. The smallest absolute Gasteiger partial charge is 0.320 e. The van der Waals surface area contributed by atoms with E-state index in [0.717, 1.165) is 25.7 Å². The second-order valence-corrected chi connectivity index (χ2v) is 4.46. The predicted octanol–water partition coefficient (Wildman–Crippen LogP) is -0.524. The SMILES string of the molecule is Cl.NCCCCC(N)C(=O)O.NCCCC[C@H](N)C(=O)O. The molecule has 0 heterocycles. The largest absolute Gasteiger partial charge is 0.480 e. The Kier molecular flexibility index (Phi) is 20.4. The molecule has 0 saturated heterocycles. The second kappa shape index (κ2) is 17.1. The molecule has 9 heteroatoms. The lowest BCUT2D eigenvalue weighted by atomic mass is 10.1. The van der Waals surface area contributed by atoms with Crippen LogP contribution in [0.1, 0.15) is 38.5 Å². The van der Waals surface area contributed by atoms with Crippen molar-refractivity contribution in [2.45, 2.75) is 50.6 Å². The highest BCUT2D eigenvalue weighted by molar-refractivity contribution is 5.85. The van der Waals surface area contributed by atoms with E-state index in [1.165, 1.54) is 0 Å². The average molecular weight is 329 g/mol. The van der Waals surface area contributed by atoms with Crippen LogP contribution in [0.3, 0.4) is 0 Å². The third-order valence-corrected chi connectivity index (χ3v) is 2.57. The van der Waals surface area contributed by atoms with E-state index in [2.05, 4.69) is 0 Å². The Balaban J connectivity index is -0.000000295. The van der Waals surface area contributed by atoms with Gasteiger partial charge in [0.1, 0.15) is 12.1 Å². The lowest BCUT2D eigenvalue weighted by Crippen LogP contribution is -2.29. The molecule has 8 nitrogen and oxygen atoms in total.